The minimum Gasteiger partial charge on any atom is -0.458 e. The zero-order valence-electron chi connectivity index (χ0n) is 21.9. The largest absolute Gasteiger partial charge is 0.458 e. The number of ether oxygens (including phenoxy) is 1. The Labute approximate surface area is 218 Å². The summed E-state index contributed by atoms with van der Waals surface area (Å²) in [5.41, 5.74) is 2.72. The van der Waals surface area contributed by atoms with E-state index in [1.54, 1.807) is 24.5 Å². The van der Waals surface area contributed by atoms with E-state index in [0.717, 1.165) is 22.1 Å². The molecule has 0 radical (unpaired) electrons. The predicted molar refractivity (Wildman–Crippen MR) is 138 cm³/mol. The molecule has 198 valence electrons. The van der Waals surface area contributed by atoms with Gasteiger partial charge in [-0.05, 0) is 54.9 Å². The summed E-state index contributed by atoms with van der Waals surface area (Å²) >= 11 is 0. The summed E-state index contributed by atoms with van der Waals surface area (Å²) in [6.07, 6.45) is 1.64. The smallest absolute Gasteiger partial charge is 0.343 e. The molecule has 0 saturated carbocycles. The number of esters is 1. The quantitative estimate of drug-likeness (QED) is 0.398. The number of aliphatic hydroxyl groups is 1. The second kappa shape index (κ2) is 8.46. The lowest BCUT2D eigenvalue weighted by atomic mass is 9.81. The first-order valence-electron chi connectivity index (χ1n) is 13.2. The van der Waals surface area contributed by atoms with Crippen LogP contribution < -0.4 is 10.9 Å². The van der Waals surface area contributed by atoms with Gasteiger partial charge in [-0.3, -0.25) is 9.59 Å². The van der Waals surface area contributed by atoms with Gasteiger partial charge in [0.2, 0.25) is 5.91 Å². The van der Waals surface area contributed by atoms with Gasteiger partial charge in [0.25, 0.3) is 5.56 Å². The van der Waals surface area contributed by atoms with Crippen molar-refractivity contribution in [2.45, 2.75) is 78.2 Å². The van der Waals surface area contributed by atoms with Gasteiger partial charge in [0.1, 0.15) is 12.4 Å². The molecule has 2 N–H and O–H groups in total. The van der Waals surface area contributed by atoms with E-state index in [9.17, 15) is 23.9 Å². The van der Waals surface area contributed by atoms with Crippen LogP contribution in [0.2, 0.25) is 0 Å². The summed E-state index contributed by atoms with van der Waals surface area (Å²) in [4.78, 5) is 43.8. The van der Waals surface area contributed by atoms with Crippen molar-refractivity contribution in [1.29, 1.82) is 0 Å². The van der Waals surface area contributed by atoms with E-state index >= 15 is 0 Å². The molecule has 1 amide bonds. The van der Waals surface area contributed by atoms with Crippen LogP contribution in [-0.2, 0) is 39.5 Å². The Bertz CT molecular complexity index is 1630. The number of pyridine rings is 2. The molecule has 2 aromatic heterocycles. The van der Waals surface area contributed by atoms with Gasteiger partial charge in [0.15, 0.2) is 5.60 Å². The van der Waals surface area contributed by atoms with Crippen molar-refractivity contribution in [3.05, 3.63) is 61.7 Å². The molecular formula is C29H30FN3O5. The van der Waals surface area contributed by atoms with Crippen LogP contribution in [0.4, 0.5) is 4.39 Å². The number of nitrogens with one attached hydrogen (secondary N) is 1. The summed E-state index contributed by atoms with van der Waals surface area (Å²) < 4.78 is 21.7. The molecule has 0 unspecified atom stereocenters. The number of fused-ring (bicyclic) bond motifs is 5. The highest BCUT2D eigenvalue weighted by atomic mass is 19.1. The van der Waals surface area contributed by atoms with Crippen LogP contribution in [0, 0.1) is 18.7 Å². The van der Waals surface area contributed by atoms with Crippen LogP contribution >= 0.6 is 0 Å². The van der Waals surface area contributed by atoms with Crippen LogP contribution in [-0.4, -0.2) is 26.5 Å². The first kappa shape index (κ1) is 24.7. The number of aromatic nitrogens is 2. The molecular weight excluding hydrogens is 489 g/mol. The molecule has 8 nitrogen and oxygen atoms in total. The predicted octanol–water partition coefficient (Wildman–Crippen LogP) is 3.68. The van der Waals surface area contributed by atoms with Crippen molar-refractivity contribution >= 4 is 22.8 Å². The van der Waals surface area contributed by atoms with Crippen molar-refractivity contribution in [2.75, 3.05) is 0 Å². The molecule has 1 aromatic carbocycles. The average Bonchev–Trinajstić information content (AvgIpc) is 3.24. The Morgan fingerprint density at radius 3 is 2.76 bits per heavy atom. The number of hydrogen-bond donors (Lipinski definition) is 2. The SMILES string of the molecule is CC[C@@]1(O)C(=O)OCc2c1cc1n(c2=O)Cc2c-1nc1cc(F)c(C)c3c1c2[C@@H](NC(=O)CC(C)C)CC3. The van der Waals surface area contributed by atoms with Crippen molar-refractivity contribution in [1.82, 2.24) is 14.9 Å². The Morgan fingerprint density at radius 2 is 2.05 bits per heavy atom. The first-order chi connectivity index (χ1) is 18.0. The first-order valence-corrected chi connectivity index (χ1v) is 13.2. The molecule has 0 spiro atoms. The molecule has 4 heterocycles. The number of carbonyl (C=O) groups is 2. The van der Waals surface area contributed by atoms with Crippen molar-refractivity contribution in [3.63, 3.8) is 0 Å². The van der Waals surface area contributed by atoms with E-state index < -0.39 is 11.6 Å². The minimum absolute atomic E-state index is 0.0444. The molecule has 0 fully saturated rings. The van der Waals surface area contributed by atoms with Crippen molar-refractivity contribution in [2.24, 2.45) is 5.92 Å². The number of aryl methyl sites for hydroxylation is 1. The van der Waals surface area contributed by atoms with Gasteiger partial charge < -0.3 is 19.7 Å². The highest BCUT2D eigenvalue weighted by molar-refractivity contribution is 5.94. The average molecular weight is 520 g/mol. The van der Waals surface area contributed by atoms with Gasteiger partial charge in [-0.15, -0.1) is 0 Å². The Hall–Kier alpha value is -3.59. The van der Waals surface area contributed by atoms with Gasteiger partial charge in [-0.25, -0.2) is 14.2 Å². The molecule has 1 aliphatic carbocycles. The third-order valence-electron chi connectivity index (χ3n) is 8.31. The third-order valence-corrected chi connectivity index (χ3v) is 8.31. The van der Waals surface area contributed by atoms with Gasteiger partial charge in [-0.1, -0.05) is 20.8 Å². The lowest BCUT2D eigenvalue weighted by molar-refractivity contribution is -0.172. The maximum Gasteiger partial charge on any atom is 0.343 e. The summed E-state index contributed by atoms with van der Waals surface area (Å²) in [6.45, 7) is 7.40. The molecule has 3 aromatic rings. The fourth-order valence-electron chi connectivity index (χ4n) is 6.32. The van der Waals surface area contributed by atoms with E-state index in [1.807, 2.05) is 13.8 Å². The highest BCUT2D eigenvalue weighted by Gasteiger charge is 2.46. The monoisotopic (exact) mass is 519 g/mol. The highest BCUT2D eigenvalue weighted by Crippen LogP contribution is 2.45. The molecule has 3 aliphatic rings. The van der Waals surface area contributed by atoms with Gasteiger partial charge in [0.05, 0.1) is 35.1 Å². The lowest BCUT2D eigenvalue weighted by Crippen LogP contribution is -2.44. The zero-order chi connectivity index (χ0) is 27.1. The second-order valence-electron chi connectivity index (χ2n) is 11.1. The molecule has 9 heteroatoms. The number of rotatable bonds is 4. The number of hydrogen-bond acceptors (Lipinski definition) is 6. The topological polar surface area (TPSA) is 111 Å². The van der Waals surface area contributed by atoms with E-state index in [1.165, 1.54) is 6.07 Å². The number of benzene rings is 1. The molecule has 0 saturated heterocycles. The van der Waals surface area contributed by atoms with Gasteiger partial charge >= 0.3 is 5.97 Å². The van der Waals surface area contributed by atoms with Gasteiger partial charge in [-0.2, -0.15) is 0 Å². The molecule has 38 heavy (non-hydrogen) atoms. The maximum absolute atomic E-state index is 15.0. The van der Waals surface area contributed by atoms with Crippen LogP contribution in [0.25, 0.3) is 22.3 Å². The summed E-state index contributed by atoms with van der Waals surface area (Å²) in [5.74, 6) is -0.997. The second-order valence-corrected chi connectivity index (χ2v) is 11.1. The molecule has 2 aliphatic heterocycles. The Balaban J connectivity index is 1.61. The maximum atomic E-state index is 15.0. The Morgan fingerprint density at radius 1 is 1.29 bits per heavy atom. The number of nitrogens with zero attached hydrogens (tertiary/aromatic N) is 2. The molecule has 2 atom stereocenters. The molecule has 6 rings (SSSR count). The number of carbonyl (C=O) groups excluding carboxylic acids is 2. The zero-order valence-corrected chi connectivity index (χ0v) is 21.9. The number of halogens is 1. The number of amides is 1. The van der Waals surface area contributed by atoms with Crippen LogP contribution in [0.5, 0.6) is 0 Å². The normalized spacial score (nSPS) is 21.2. The van der Waals surface area contributed by atoms with Crippen LogP contribution in [0.15, 0.2) is 16.9 Å². The van der Waals surface area contributed by atoms with Crippen LogP contribution in [0.3, 0.4) is 0 Å². The third kappa shape index (κ3) is 3.37. The standard InChI is InChI=1S/C29H30FN3O5/c1-5-29(37)18-9-22-26-16(11-33(22)27(35)17(18)12-38-28(29)36)25-20(31-23(34)8-13(2)3)7-6-15-14(4)19(30)10-21(32-26)24(15)25/h9-10,13,20,37H,5-8,11-12H2,1-4H3,(H,31,34)/t20-,29-/m0/s1. The molecule has 0 bridgehead atoms. The Kier molecular flexibility index (Phi) is 5.51. The minimum atomic E-state index is -1.93. The summed E-state index contributed by atoms with van der Waals surface area (Å²) in [6, 6.07) is 2.75. The van der Waals surface area contributed by atoms with Gasteiger partial charge in [0, 0.05) is 29.0 Å². The van der Waals surface area contributed by atoms with Crippen molar-refractivity contribution in [3.8, 4) is 11.4 Å². The van der Waals surface area contributed by atoms with Crippen LogP contribution in [0.1, 0.15) is 79.5 Å². The summed E-state index contributed by atoms with van der Waals surface area (Å²) in [5, 5.41) is 15.2. The van der Waals surface area contributed by atoms with E-state index in [-0.39, 0.29) is 59.9 Å². The lowest BCUT2D eigenvalue weighted by Gasteiger charge is -2.31. The van der Waals surface area contributed by atoms with E-state index in [4.69, 9.17) is 9.72 Å². The fourth-order valence-corrected chi connectivity index (χ4v) is 6.32. The number of cyclic esters (lactones) is 1. The summed E-state index contributed by atoms with van der Waals surface area (Å²) in [7, 11) is 0. The van der Waals surface area contributed by atoms with Crippen molar-refractivity contribution < 1.29 is 23.8 Å². The van der Waals surface area contributed by atoms with E-state index in [0.29, 0.717) is 41.7 Å². The van der Waals surface area contributed by atoms with E-state index in [2.05, 4.69) is 5.32 Å². The fraction of sp³-hybridized carbons (Fsp3) is 0.448.